The molecule has 1 rings (SSSR count). The van der Waals surface area contributed by atoms with E-state index in [0.29, 0.717) is 0 Å². The molecule has 0 unspecified atom stereocenters. The predicted molar refractivity (Wildman–Crippen MR) is 37.2 cm³/mol. The van der Waals surface area contributed by atoms with E-state index < -0.39 is 23.1 Å². The quantitative estimate of drug-likeness (QED) is 0.647. The molecule has 12 heavy (non-hydrogen) atoms. The van der Waals surface area contributed by atoms with Crippen LogP contribution in [0, 0.1) is 16.8 Å². The van der Waals surface area contributed by atoms with Crippen LogP contribution in [-0.2, 0) is 0 Å². The summed E-state index contributed by atoms with van der Waals surface area (Å²) in [4.78, 5) is 10.6. The SMILES string of the molecule is O=C(N[O-])c1c(F)cccc1F. The van der Waals surface area contributed by atoms with E-state index in [-0.39, 0.29) is 0 Å². The minimum atomic E-state index is -1.31. The number of rotatable bonds is 1. The van der Waals surface area contributed by atoms with Crippen molar-refractivity contribution in [1.29, 1.82) is 0 Å². The van der Waals surface area contributed by atoms with Crippen molar-refractivity contribution in [3.05, 3.63) is 40.6 Å². The van der Waals surface area contributed by atoms with E-state index in [2.05, 4.69) is 0 Å². The first-order chi connectivity index (χ1) is 5.66. The predicted octanol–water partition coefficient (Wildman–Crippen LogP) is 1.19. The van der Waals surface area contributed by atoms with E-state index in [4.69, 9.17) is 0 Å². The lowest BCUT2D eigenvalue weighted by atomic mass is 10.2. The highest BCUT2D eigenvalue weighted by Gasteiger charge is 2.13. The van der Waals surface area contributed by atoms with Crippen LogP contribution in [0.15, 0.2) is 18.2 Å². The molecular formula is C7H4F2NO2-. The third kappa shape index (κ3) is 1.40. The summed E-state index contributed by atoms with van der Waals surface area (Å²) in [6.07, 6.45) is 0. The maximum absolute atomic E-state index is 12.6. The van der Waals surface area contributed by atoms with Gasteiger partial charge < -0.3 is 10.7 Å². The molecule has 1 aromatic rings. The molecule has 0 fully saturated rings. The van der Waals surface area contributed by atoms with Gasteiger partial charge in [-0.2, -0.15) is 0 Å². The Kier molecular flexibility index (Phi) is 2.35. The van der Waals surface area contributed by atoms with Gasteiger partial charge >= 0.3 is 0 Å². The Bertz CT molecular complexity index is 294. The molecule has 0 aromatic heterocycles. The van der Waals surface area contributed by atoms with E-state index >= 15 is 0 Å². The number of amides is 1. The summed E-state index contributed by atoms with van der Waals surface area (Å²) in [5.74, 6) is -3.42. The molecule has 1 N–H and O–H groups in total. The second-order valence-corrected chi connectivity index (χ2v) is 2.03. The lowest BCUT2D eigenvalue weighted by Crippen LogP contribution is -2.19. The monoisotopic (exact) mass is 172 g/mol. The van der Waals surface area contributed by atoms with Crippen molar-refractivity contribution in [3.63, 3.8) is 0 Å². The molecule has 0 aliphatic rings. The third-order valence-electron chi connectivity index (χ3n) is 1.28. The molecule has 0 saturated heterocycles. The van der Waals surface area contributed by atoms with Gasteiger partial charge in [-0.1, -0.05) is 6.07 Å². The third-order valence-corrected chi connectivity index (χ3v) is 1.28. The van der Waals surface area contributed by atoms with E-state index in [1.54, 1.807) is 0 Å². The van der Waals surface area contributed by atoms with Crippen molar-refractivity contribution in [2.75, 3.05) is 0 Å². The average Bonchev–Trinajstić information content (AvgIpc) is 2.03. The maximum atomic E-state index is 12.6. The van der Waals surface area contributed by atoms with Crippen molar-refractivity contribution in [2.24, 2.45) is 0 Å². The summed E-state index contributed by atoms with van der Waals surface area (Å²) in [5, 5.41) is 9.80. The number of carbonyl (C=O) groups is 1. The van der Waals surface area contributed by atoms with Crippen LogP contribution < -0.4 is 5.48 Å². The Balaban J connectivity index is 3.21. The minimum Gasteiger partial charge on any atom is -0.759 e. The molecule has 0 radical (unpaired) electrons. The normalized spacial score (nSPS) is 9.58. The fourth-order valence-corrected chi connectivity index (χ4v) is 0.766. The molecular weight excluding hydrogens is 168 g/mol. The fourth-order valence-electron chi connectivity index (χ4n) is 0.766. The first-order valence-electron chi connectivity index (χ1n) is 3.03. The molecule has 0 aliphatic carbocycles. The molecule has 3 nitrogen and oxygen atoms in total. The molecule has 0 bridgehead atoms. The number of nitrogens with one attached hydrogen (secondary N) is 1. The first-order valence-corrected chi connectivity index (χ1v) is 3.03. The average molecular weight is 172 g/mol. The molecule has 0 heterocycles. The topological polar surface area (TPSA) is 52.2 Å². The zero-order valence-corrected chi connectivity index (χ0v) is 5.80. The van der Waals surface area contributed by atoms with Crippen molar-refractivity contribution < 1.29 is 13.6 Å². The van der Waals surface area contributed by atoms with Crippen LogP contribution in [0.3, 0.4) is 0 Å². The lowest BCUT2D eigenvalue weighted by molar-refractivity contribution is 0.0962. The second kappa shape index (κ2) is 3.27. The number of halogens is 2. The molecule has 64 valence electrons. The summed E-state index contributed by atoms with van der Waals surface area (Å²) in [7, 11) is 0. The standard InChI is InChI=1S/C7H4F2NO2/c8-4-2-1-3-5(9)6(4)7(11)10-12/h1-3H,(H-,10,11,12)/q-1. The number of hydrogen-bond donors (Lipinski definition) is 1. The van der Waals surface area contributed by atoms with E-state index in [0.717, 1.165) is 23.7 Å². The summed E-state index contributed by atoms with van der Waals surface area (Å²) in [6.45, 7) is 0. The van der Waals surface area contributed by atoms with Crippen LogP contribution in [0.5, 0.6) is 0 Å². The molecule has 5 heteroatoms. The Morgan fingerprint density at radius 2 is 1.83 bits per heavy atom. The smallest absolute Gasteiger partial charge is 0.246 e. The van der Waals surface area contributed by atoms with Crippen LogP contribution in [-0.4, -0.2) is 5.91 Å². The molecule has 0 spiro atoms. The van der Waals surface area contributed by atoms with Gasteiger partial charge in [0.2, 0.25) is 5.91 Å². The Hall–Kier alpha value is -1.49. The molecule has 0 saturated carbocycles. The Labute approximate surface area is 66.6 Å². The van der Waals surface area contributed by atoms with E-state index in [1.165, 1.54) is 0 Å². The number of carbonyl (C=O) groups excluding carboxylic acids is 1. The zero-order chi connectivity index (χ0) is 9.14. The van der Waals surface area contributed by atoms with E-state index in [1.807, 2.05) is 0 Å². The van der Waals surface area contributed by atoms with Crippen LogP contribution in [0.2, 0.25) is 0 Å². The van der Waals surface area contributed by atoms with Crippen molar-refractivity contribution in [1.82, 2.24) is 5.48 Å². The largest absolute Gasteiger partial charge is 0.759 e. The van der Waals surface area contributed by atoms with Crippen LogP contribution in [0.1, 0.15) is 10.4 Å². The fraction of sp³-hybridized carbons (Fsp3) is 0. The zero-order valence-electron chi connectivity index (χ0n) is 5.80. The van der Waals surface area contributed by atoms with Crippen molar-refractivity contribution >= 4 is 5.91 Å². The number of benzene rings is 1. The lowest BCUT2D eigenvalue weighted by Gasteiger charge is -2.08. The molecule has 0 aliphatic heterocycles. The highest BCUT2D eigenvalue weighted by Crippen LogP contribution is 2.11. The number of hydrogen-bond acceptors (Lipinski definition) is 2. The summed E-state index contributed by atoms with van der Waals surface area (Å²) >= 11 is 0. The molecule has 1 amide bonds. The van der Waals surface area contributed by atoms with Gasteiger partial charge in [-0.05, 0) is 12.1 Å². The van der Waals surface area contributed by atoms with Gasteiger partial charge in [0, 0.05) is 0 Å². The summed E-state index contributed by atoms with van der Waals surface area (Å²) in [5.41, 5.74) is 0.0398. The highest BCUT2D eigenvalue weighted by molar-refractivity contribution is 5.94. The second-order valence-electron chi connectivity index (χ2n) is 2.03. The van der Waals surface area contributed by atoms with Gasteiger partial charge in [0.05, 0.1) is 0 Å². The first kappa shape index (κ1) is 8.61. The highest BCUT2D eigenvalue weighted by atomic mass is 19.1. The van der Waals surface area contributed by atoms with Gasteiger partial charge in [0.1, 0.15) is 17.2 Å². The van der Waals surface area contributed by atoms with Crippen molar-refractivity contribution in [3.8, 4) is 0 Å². The van der Waals surface area contributed by atoms with Crippen LogP contribution in [0.25, 0.3) is 0 Å². The van der Waals surface area contributed by atoms with Crippen LogP contribution in [0.4, 0.5) is 8.78 Å². The van der Waals surface area contributed by atoms with Crippen LogP contribution >= 0.6 is 0 Å². The van der Waals surface area contributed by atoms with Gasteiger partial charge in [0.25, 0.3) is 0 Å². The van der Waals surface area contributed by atoms with Gasteiger partial charge in [-0.15, -0.1) is 0 Å². The minimum absolute atomic E-state index is 0.854. The van der Waals surface area contributed by atoms with E-state index in [9.17, 15) is 18.8 Å². The maximum Gasteiger partial charge on any atom is 0.246 e. The molecule has 0 atom stereocenters. The number of hydroxylamine groups is 1. The summed E-state index contributed by atoms with van der Waals surface area (Å²) in [6, 6.07) is 2.90. The Morgan fingerprint density at radius 3 is 2.25 bits per heavy atom. The van der Waals surface area contributed by atoms with Gasteiger partial charge in [0.15, 0.2) is 0 Å². The summed E-state index contributed by atoms with van der Waals surface area (Å²) < 4.78 is 25.3. The van der Waals surface area contributed by atoms with Gasteiger partial charge in [-0.25, -0.2) is 8.78 Å². The van der Waals surface area contributed by atoms with Gasteiger partial charge in [-0.3, -0.25) is 4.79 Å². The van der Waals surface area contributed by atoms with Crippen molar-refractivity contribution in [2.45, 2.75) is 0 Å². The molecule has 1 aromatic carbocycles. The Morgan fingerprint density at radius 1 is 1.33 bits per heavy atom.